The van der Waals surface area contributed by atoms with Gasteiger partial charge in [-0.2, -0.15) is 0 Å². The molecule has 1 amide bonds. The lowest BCUT2D eigenvalue weighted by atomic mass is 10.1. The number of carbonyl (C=O) groups excluding carboxylic acids is 1. The van der Waals surface area contributed by atoms with Gasteiger partial charge >= 0.3 is 0 Å². The second kappa shape index (κ2) is 4.07. The summed E-state index contributed by atoms with van der Waals surface area (Å²) in [6, 6.07) is 9.46. The van der Waals surface area contributed by atoms with Gasteiger partial charge in [0.15, 0.2) is 0 Å². The summed E-state index contributed by atoms with van der Waals surface area (Å²) in [6.07, 6.45) is 3.37. The predicted octanol–water partition coefficient (Wildman–Crippen LogP) is 2.14. The Morgan fingerprint density at radius 3 is 2.72 bits per heavy atom. The highest BCUT2D eigenvalue weighted by Gasteiger charge is 2.11. The molecule has 0 aliphatic heterocycles. The van der Waals surface area contributed by atoms with Gasteiger partial charge in [0.25, 0.3) is 5.91 Å². The van der Waals surface area contributed by atoms with Crippen LogP contribution in [0.25, 0.3) is 21.8 Å². The largest absolute Gasteiger partial charge is 0.355 e. The van der Waals surface area contributed by atoms with E-state index >= 15 is 0 Å². The number of pyridine rings is 2. The number of nitrogens with one attached hydrogen (secondary N) is 1. The molecule has 0 radical (unpaired) electrons. The van der Waals surface area contributed by atoms with Crippen molar-refractivity contribution in [2.75, 3.05) is 7.05 Å². The van der Waals surface area contributed by atoms with Gasteiger partial charge in [0.1, 0.15) is 0 Å². The van der Waals surface area contributed by atoms with Crippen LogP contribution >= 0.6 is 0 Å². The van der Waals surface area contributed by atoms with E-state index in [0.29, 0.717) is 5.56 Å². The van der Waals surface area contributed by atoms with Gasteiger partial charge in [-0.15, -0.1) is 0 Å². The Labute approximate surface area is 104 Å². The number of hydrogen-bond acceptors (Lipinski definition) is 3. The minimum atomic E-state index is -0.113. The normalized spacial score (nSPS) is 10.7. The van der Waals surface area contributed by atoms with Crippen LogP contribution in [-0.2, 0) is 0 Å². The molecule has 88 valence electrons. The van der Waals surface area contributed by atoms with Crippen LogP contribution < -0.4 is 5.32 Å². The monoisotopic (exact) mass is 237 g/mol. The fraction of sp³-hybridized carbons (Fsp3) is 0.0714. The van der Waals surface area contributed by atoms with Crippen molar-refractivity contribution in [2.24, 2.45) is 0 Å². The van der Waals surface area contributed by atoms with Crippen molar-refractivity contribution >= 4 is 27.7 Å². The van der Waals surface area contributed by atoms with E-state index in [1.165, 1.54) is 0 Å². The van der Waals surface area contributed by atoms with Gasteiger partial charge in [0.05, 0.1) is 16.6 Å². The molecule has 18 heavy (non-hydrogen) atoms. The summed E-state index contributed by atoms with van der Waals surface area (Å²) >= 11 is 0. The van der Waals surface area contributed by atoms with Crippen LogP contribution in [0.15, 0.2) is 42.7 Å². The predicted molar refractivity (Wildman–Crippen MR) is 70.4 cm³/mol. The average Bonchev–Trinajstić information content (AvgIpc) is 2.45. The topological polar surface area (TPSA) is 54.9 Å². The zero-order chi connectivity index (χ0) is 12.5. The number of aromatic nitrogens is 2. The van der Waals surface area contributed by atoms with E-state index in [4.69, 9.17) is 0 Å². The van der Waals surface area contributed by atoms with Gasteiger partial charge in [0, 0.05) is 30.2 Å². The minimum absolute atomic E-state index is 0.113. The molecule has 0 unspecified atom stereocenters. The number of nitrogens with zero attached hydrogens (tertiary/aromatic N) is 2. The maximum Gasteiger partial charge on any atom is 0.251 e. The van der Waals surface area contributed by atoms with Gasteiger partial charge < -0.3 is 5.32 Å². The number of fused-ring (bicyclic) bond motifs is 3. The van der Waals surface area contributed by atoms with Crippen molar-refractivity contribution in [3.63, 3.8) is 0 Å². The van der Waals surface area contributed by atoms with E-state index in [1.54, 1.807) is 25.5 Å². The molecule has 3 rings (SSSR count). The zero-order valence-corrected chi connectivity index (χ0v) is 9.84. The quantitative estimate of drug-likeness (QED) is 0.660. The molecule has 0 fully saturated rings. The Kier molecular flexibility index (Phi) is 2.41. The first-order valence-corrected chi connectivity index (χ1v) is 5.66. The third-order valence-corrected chi connectivity index (χ3v) is 2.95. The zero-order valence-electron chi connectivity index (χ0n) is 9.84. The molecular weight excluding hydrogens is 226 g/mol. The van der Waals surface area contributed by atoms with E-state index in [2.05, 4.69) is 15.3 Å². The van der Waals surface area contributed by atoms with Crippen LogP contribution in [0.2, 0.25) is 0 Å². The number of hydrogen-bond donors (Lipinski definition) is 1. The van der Waals surface area contributed by atoms with Crippen molar-refractivity contribution in [3.8, 4) is 0 Å². The third-order valence-electron chi connectivity index (χ3n) is 2.95. The summed E-state index contributed by atoms with van der Waals surface area (Å²) < 4.78 is 0. The summed E-state index contributed by atoms with van der Waals surface area (Å²) in [5, 5.41) is 4.48. The third kappa shape index (κ3) is 1.50. The summed E-state index contributed by atoms with van der Waals surface area (Å²) in [5.74, 6) is -0.113. The Balaban J connectivity index is 2.43. The minimum Gasteiger partial charge on any atom is -0.355 e. The lowest BCUT2D eigenvalue weighted by Crippen LogP contribution is -2.18. The molecule has 1 aromatic carbocycles. The molecule has 3 aromatic rings. The highest BCUT2D eigenvalue weighted by atomic mass is 16.1. The Hall–Kier alpha value is -2.49. The fourth-order valence-corrected chi connectivity index (χ4v) is 2.09. The average molecular weight is 237 g/mol. The van der Waals surface area contributed by atoms with Crippen molar-refractivity contribution in [1.82, 2.24) is 15.3 Å². The van der Waals surface area contributed by atoms with Crippen molar-refractivity contribution in [1.29, 1.82) is 0 Å². The highest BCUT2D eigenvalue weighted by Crippen LogP contribution is 2.24. The van der Waals surface area contributed by atoms with Crippen molar-refractivity contribution in [3.05, 3.63) is 48.3 Å². The van der Waals surface area contributed by atoms with Crippen LogP contribution in [0.4, 0.5) is 0 Å². The molecule has 0 aliphatic carbocycles. The fourth-order valence-electron chi connectivity index (χ4n) is 2.09. The lowest BCUT2D eigenvalue weighted by Gasteiger charge is -2.06. The first kappa shape index (κ1) is 10.7. The summed E-state index contributed by atoms with van der Waals surface area (Å²) in [5.41, 5.74) is 2.20. The summed E-state index contributed by atoms with van der Waals surface area (Å²) in [4.78, 5) is 20.5. The highest BCUT2D eigenvalue weighted by molar-refractivity contribution is 6.12. The van der Waals surface area contributed by atoms with E-state index in [1.807, 2.05) is 24.3 Å². The smallest absolute Gasteiger partial charge is 0.251 e. The van der Waals surface area contributed by atoms with E-state index in [-0.39, 0.29) is 5.91 Å². The number of amides is 1. The standard InChI is InChI=1S/C14H11N3O/c1-15-14(18)11-6-8-17-13-10(11)5-4-9-3-2-7-16-12(9)13/h2-8H,1H3,(H,15,18). The van der Waals surface area contributed by atoms with Gasteiger partial charge in [0.2, 0.25) is 0 Å². The number of rotatable bonds is 1. The van der Waals surface area contributed by atoms with E-state index in [0.717, 1.165) is 21.8 Å². The number of benzene rings is 1. The molecule has 0 atom stereocenters. The molecule has 4 heteroatoms. The molecule has 2 heterocycles. The van der Waals surface area contributed by atoms with E-state index in [9.17, 15) is 4.79 Å². The first-order valence-electron chi connectivity index (χ1n) is 5.66. The summed E-state index contributed by atoms with van der Waals surface area (Å²) in [6.45, 7) is 0. The molecule has 0 spiro atoms. The van der Waals surface area contributed by atoms with Crippen molar-refractivity contribution in [2.45, 2.75) is 0 Å². The SMILES string of the molecule is CNC(=O)c1ccnc2c1ccc1cccnc12. The Morgan fingerprint density at radius 2 is 1.89 bits per heavy atom. The second-order valence-corrected chi connectivity index (χ2v) is 3.97. The van der Waals surface area contributed by atoms with Gasteiger partial charge in [-0.1, -0.05) is 18.2 Å². The number of carbonyl (C=O) groups is 1. The molecular formula is C14H11N3O. The van der Waals surface area contributed by atoms with Crippen LogP contribution in [-0.4, -0.2) is 22.9 Å². The second-order valence-electron chi connectivity index (χ2n) is 3.97. The molecule has 0 saturated heterocycles. The van der Waals surface area contributed by atoms with Crippen LogP contribution in [0, 0.1) is 0 Å². The molecule has 0 saturated carbocycles. The molecule has 0 aliphatic rings. The van der Waals surface area contributed by atoms with Gasteiger partial charge in [-0.3, -0.25) is 14.8 Å². The van der Waals surface area contributed by atoms with E-state index < -0.39 is 0 Å². The van der Waals surface area contributed by atoms with Crippen LogP contribution in [0.5, 0.6) is 0 Å². The van der Waals surface area contributed by atoms with Gasteiger partial charge in [-0.05, 0) is 12.1 Å². The summed E-state index contributed by atoms with van der Waals surface area (Å²) in [7, 11) is 1.62. The maximum atomic E-state index is 11.8. The van der Waals surface area contributed by atoms with Crippen LogP contribution in [0.1, 0.15) is 10.4 Å². The Morgan fingerprint density at radius 1 is 1.06 bits per heavy atom. The first-order chi connectivity index (χ1) is 8.81. The molecule has 2 aromatic heterocycles. The molecule has 4 nitrogen and oxygen atoms in total. The van der Waals surface area contributed by atoms with Crippen molar-refractivity contribution < 1.29 is 4.79 Å². The lowest BCUT2D eigenvalue weighted by molar-refractivity contribution is 0.0964. The Bertz CT molecular complexity index is 752. The van der Waals surface area contributed by atoms with Gasteiger partial charge in [-0.25, -0.2) is 0 Å². The maximum absolute atomic E-state index is 11.8. The molecule has 0 bridgehead atoms. The van der Waals surface area contributed by atoms with Crippen LogP contribution in [0.3, 0.4) is 0 Å². The molecule has 1 N–H and O–H groups in total.